The molecule has 1 saturated heterocycles. The van der Waals surface area contributed by atoms with Gasteiger partial charge in [0.15, 0.2) is 0 Å². The third-order valence-electron chi connectivity index (χ3n) is 3.10. The van der Waals surface area contributed by atoms with Gasteiger partial charge in [0.1, 0.15) is 0 Å². The second-order valence-corrected chi connectivity index (χ2v) is 5.45. The van der Waals surface area contributed by atoms with E-state index in [4.69, 9.17) is 4.74 Å². The summed E-state index contributed by atoms with van der Waals surface area (Å²) in [5, 5.41) is 3.47. The van der Waals surface area contributed by atoms with Crippen LogP contribution in [-0.2, 0) is 10.2 Å². The van der Waals surface area contributed by atoms with Gasteiger partial charge in [0.25, 0.3) is 0 Å². The Kier molecular flexibility index (Phi) is 4.99. The first-order chi connectivity index (χ1) is 7.57. The molecule has 1 aromatic rings. The second kappa shape index (κ2) is 5.85. The minimum atomic E-state index is 0. The van der Waals surface area contributed by atoms with Gasteiger partial charge in [-0.1, -0.05) is 45.0 Å². The van der Waals surface area contributed by atoms with Crippen LogP contribution in [0.25, 0.3) is 0 Å². The maximum absolute atomic E-state index is 5.47. The van der Waals surface area contributed by atoms with Crippen molar-refractivity contribution in [1.82, 2.24) is 5.32 Å². The van der Waals surface area contributed by atoms with Gasteiger partial charge in [-0.2, -0.15) is 0 Å². The molecule has 1 atom stereocenters. The summed E-state index contributed by atoms with van der Waals surface area (Å²) in [7, 11) is 0. The molecule has 0 bridgehead atoms. The number of hydrogen-bond donors (Lipinski definition) is 1. The fourth-order valence-electron chi connectivity index (χ4n) is 1.99. The van der Waals surface area contributed by atoms with Gasteiger partial charge in [0, 0.05) is 6.54 Å². The van der Waals surface area contributed by atoms with Gasteiger partial charge in [0.2, 0.25) is 0 Å². The van der Waals surface area contributed by atoms with Crippen molar-refractivity contribution in [2.75, 3.05) is 19.8 Å². The Morgan fingerprint density at radius 3 is 2.29 bits per heavy atom. The number of rotatable bonds is 1. The average molecular weight is 256 g/mol. The fraction of sp³-hybridized carbons (Fsp3) is 0.571. The van der Waals surface area contributed by atoms with Crippen LogP contribution in [0.15, 0.2) is 24.3 Å². The van der Waals surface area contributed by atoms with Crippen LogP contribution in [-0.4, -0.2) is 19.8 Å². The maximum Gasteiger partial charge on any atom is 0.0662 e. The SMILES string of the molecule is CC(C)(C)c1ccc([C@H]2COCCN2)cc1.Cl. The lowest BCUT2D eigenvalue weighted by molar-refractivity contribution is 0.0769. The zero-order valence-electron chi connectivity index (χ0n) is 10.8. The predicted octanol–water partition coefficient (Wildman–Crippen LogP) is 3.07. The first kappa shape index (κ1) is 14.5. The highest BCUT2D eigenvalue weighted by atomic mass is 35.5. The minimum Gasteiger partial charge on any atom is -0.378 e. The van der Waals surface area contributed by atoms with Crippen LogP contribution in [0.4, 0.5) is 0 Å². The molecule has 0 saturated carbocycles. The van der Waals surface area contributed by atoms with Gasteiger partial charge in [-0.25, -0.2) is 0 Å². The van der Waals surface area contributed by atoms with E-state index in [9.17, 15) is 0 Å². The zero-order valence-corrected chi connectivity index (χ0v) is 11.6. The molecule has 1 N–H and O–H groups in total. The van der Waals surface area contributed by atoms with E-state index in [1.165, 1.54) is 11.1 Å². The molecule has 0 unspecified atom stereocenters. The summed E-state index contributed by atoms with van der Waals surface area (Å²) in [4.78, 5) is 0. The van der Waals surface area contributed by atoms with Crippen molar-refractivity contribution in [3.63, 3.8) is 0 Å². The van der Waals surface area contributed by atoms with Crippen molar-refractivity contribution in [3.8, 4) is 0 Å². The highest BCUT2D eigenvalue weighted by molar-refractivity contribution is 5.85. The van der Waals surface area contributed by atoms with Gasteiger partial charge in [-0.3, -0.25) is 0 Å². The van der Waals surface area contributed by atoms with Crippen LogP contribution in [0, 0.1) is 0 Å². The van der Waals surface area contributed by atoms with Crippen molar-refractivity contribution in [2.24, 2.45) is 0 Å². The molecule has 2 nitrogen and oxygen atoms in total. The third kappa shape index (κ3) is 3.70. The summed E-state index contributed by atoms with van der Waals surface area (Å²) >= 11 is 0. The van der Waals surface area contributed by atoms with Gasteiger partial charge in [0.05, 0.1) is 19.3 Å². The van der Waals surface area contributed by atoms with Gasteiger partial charge < -0.3 is 10.1 Å². The lowest BCUT2D eigenvalue weighted by Gasteiger charge is -2.25. The Balaban J connectivity index is 0.00000144. The Labute approximate surface area is 110 Å². The summed E-state index contributed by atoms with van der Waals surface area (Å²) in [6.45, 7) is 9.29. The molecule has 96 valence electrons. The molecule has 0 aromatic heterocycles. The Bertz CT molecular complexity index is 336. The lowest BCUT2D eigenvalue weighted by atomic mass is 9.86. The molecule has 17 heavy (non-hydrogen) atoms. The molecule has 1 heterocycles. The van der Waals surface area contributed by atoms with E-state index in [1.807, 2.05) is 0 Å². The second-order valence-electron chi connectivity index (χ2n) is 5.45. The van der Waals surface area contributed by atoms with E-state index in [1.54, 1.807) is 0 Å². The number of ether oxygens (including phenoxy) is 1. The molecule has 1 fully saturated rings. The number of nitrogens with one attached hydrogen (secondary N) is 1. The quantitative estimate of drug-likeness (QED) is 0.833. The summed E-state index contributed by atoms with van der Waals surface area (Å²) in [5.74, 6) is 0. The van der Waals surface area contributed by atoms with Crippen LogP contribution in [0.2, 0.25) is 0 Å². The largest absolute Gasteiger partial charge is 0.378 e. The molecule has 2 rings (SSSR count). The van der Waals surface area contributed by atoms with Crippen LogP contribution in [0.5, 0.6) is 0 Å². The monoisotopic (exact) mass is 255 g/mol. The lowest BCUT2D eigenvalue weighted by Crippen LogP contribution is -2.34. The minimum absolute atomic E-state index is 0. The summed E-state index contributed by atoms with van der Waals surface area (Å²) < 4.78 is 5.47. The van der Waals surface area contributed by atoms with Crippen molar-refractivity contribution >= 4 is 12.4 Å². The molecule has 0 amide bonds. The molecule has 1 aliphatic rings. The number of halogens is 1. The van der Waals surface area contributed by atoms with Crippen LogP contribution >= 0.6 is 12.4 Å². The van der Waals surface area contributed by atoms with E-state index < -0.39 is 0 Å². The Morgan fingerprint density at radius 2 is 1.82 bits per heavy atom. The first-order valence-electron chi connectivity index (χ1n) is 5.99. The Morgan fingerprint density at radius 1 is 1.18 bits per heavy atom. The molecule has 0 aliphatic carbocycles. The van der Waals surface area contributed by atoms with E-state index in [-0.39, 0.29) is 17.8 Å². The van der Waals surface area contributed by atoms with Crippen molar-refractivity contribution in [2.45, 2.75) is 32.2 Å². The average Bonchev–Trinajstić information content (AvgIpc) is 2.29. The third-order valence-corrected chi connectivity index (χ3v) is 3.10. The highest BCUT2D eigenvalue weighted by Crippen LogP contribution is 2.24. The van der Waals surface area contributed by atoms with Gasteiger partial charge >= 0.3 is 0 Å². The smallest absolute Gasteiger partial charge is 0.0662 e. The maximum atomic E-state index is 5.47. The molecule has 1 aliphatic heterocycles. The molecular formula is C14H22ClNO. The standard InChI is InChI=1S/C14H21NO.ClH/c1-14(2,3)12-6-4-11(5-7-12)13-10-16-9-8-15-13;/h4-7,13,15H,8-10H2,1-3H3;1H/t13-;/m1./s1. The van der Waals surface area contributed by atoms with E-state index in [0.29, 0.717) is 6.04 Å². The molecule has 0 radical (unpaired) electrons. The van der Waals surface area contributed by atoms with E-state index in [2.05, 4.69) is 50.4 Å². The highest BCUT2D eigenvalue weighted by Gasteiger charge is 2.17. The summed E-state index contributed by atoms with van der Waals surface area (Å²) in [6.07, 6.45) is 0. The Hall–Kier alpha value is -0.570. The molecule has 1 aromatic carbocycles. The molecule has 3 heteroatoms. The van der Waals surface area contributed by atoms with Crippen molar-refractivity contribution in [1.29, 1.82) is 0 Å². The van der Waals surface area contributed by atoms with E-state index in [0.717, 1.165) is 19.8 Å². The van der Waals surface area contributed by atoms with Crippen LogP contribution in [0.3, 0.4) is 0 Å². The van der Waals surface area contributed by atoms with Gasteiger partial charge in [-0.15, -0.1) is 12.4 Å². The summed E-state index contributed by atoms with van der Waals surface area (Å²) in [6, 6.07) is 9.25. The number of hydrogen-bond acceptors (Lipinski definition) is 2. The predicted molar refractivity (Wildman–Crippen MR) is 74.0 cm³/mol. The van der Waals surface area contributed by atoms with Crippen molar-refractivity contribution in [3.05, 3.63) is 35.4 Å². The fourth-order valence-corrected chi connectivity index (χ4v) is 1.99. The topological polar surface area (TPSA) is 21.3 Å². The van der Waals surface area contributed by atoms with E-state index >= 15 is 0 Å². The molecule has 0 spiro atoms. The molecular weight excluding hydrogens is 234 g/mol. The van der Waals surface area contributed by atoms with Gasteiger partial charge in [-0.05, 0) is 16.5 Å². The first-order valence-corrected chi connectivity index (χ1v) is 5.99. The number of morpholine rings is 1. The summed E-state index contributed by atoms with van der Waals surface area (Å²) in [5.41, 5.74) is 2.94. The van der Waals surface area contributed by atoms with Crippen LogP contribution < -0.4 is 5.32 Å². The zero-order chi connectivity index (χ0) is 11.6. The van der Waals surface area contributed by atoms with Crippen molar-refractivity contribution < 1.29 is 4.74 Å². The normalized spacial score (nSPS) is 20.8. The number of benzene rings is 1. The van der Waals surface area contributed by atoms with Crippen LogP contribution in [0.1, 0.15) is 37.9 Å².